The van der Waals surface area contributed by atoms with Gasteiger partial charge in [0.1, 0.15) is 0 Å². The summed E-state index contributed by atoms with van der Waals surface area (Å²) in [6.07, 6.45) is -1.15. The van der Waals surface area contributed by atoms with Gasteiger partial charge in [-0.1, -0.05) is 0 Å². The van der Waals surface area contributed by atoms with E-state index in [2.05, 4.69) is 23.0 Å². The Kier molecular flexibility index (Phi) is 2.79. The highest BCUT2D eigenvalue weighted by atomic mass is 32.1. The van der Waals surface area contributed by atoms with Crippen LogP contribution in [0.25, 0.3) is 0 Å². The number of hydrogen-bond acceptors (Lipinski definition) is 2. The molecule has 0 aromatic carbocycles. The van der Waals surface area contributed by atoms with Crippen molar-refractivity contribution < 1.29 is 8.78 Å². The van der Waals surface area contributed by atoms with E-state index in [1.54, 1.807) is 0 Å². The van der Waals surface area contributed by atoms with E-state index in [1.807, 2.05) is 0 Å². The maximum Gasteiger partial charge on any atom is 0.245 e. The van der Waals surface area contributed by atoms with Crippen molar-refractivity contribution in [2.75, 3.05) is 6.54 Å². The van der Waals surface area contributed by atoms with Gasteiger partial charge >= 0.3 is 0 Å². The van der Waals surface area contributed by atoms with Crippen LogP contribution in [0.1, 0.15) is 12.8 Å². The molecular weight excluding hydrogens is 184 g/mol. The van der Waals surface area contributed by atoms with Gasteiger partial charge in [0.15, 0.2) is 5.11 Å². The van der Waals surface area contributed by atoms with Crippen molar-refractivity contribution in [1.29, 1.82) is 0 Å². The summed E-state index contributed by atoms with van der Waals surface area (Å²) in [6, 6.07) is 0. The summed E-state index contributed by atoms with van der Waals surface area (Å²) in [5.74, 6) is 4.96. The molecule has 0 unspecified atom stereocenters. The Morgan fingerprint density at radius 1 is 1.58 bits per heavy atom. The predicted molar refractivity (Wildman–Crippen MR) is 45.6 cm³/mol. The van der Waals surface area contributed by atoms with Crippen LogP contribution < -0.4 is 16.6 Å². The number of nitrogens with one attached hydrogen (secondary N) is 2. The molecule has 0 aliphatic heterocycles. The number of halogens is 2. The zero-order chi connectivity index (χ0) is 9.19. The Morgan fingerprint density at radius 2 is 2.17 bits per heavy atom. The molecule has 4 N–H and O–H groups in total. The van der Waals surface area contributed by atoms with Crippen LogP contribution >= 0.6 is 12.2 Å². The lowest BCUT2D eigenvalue weighted by Gasteiger charge is -2.15. The Bertz CT molecular complexity index is 182. The smallest absolute Gasteiger partial charge is 0.245 e. The Labute approximate surface area is 74.7 Å². The fourth-order valence-electron chi connectivity index (χ4n) is 0.940. The number of nitrogens with two attached hydrogens (primary N) is 1. The van der Waals surface area contributed by atoms with Crippen LogP contribution in [0.4, 0.5) is 8.78 Å². The van der Waals surface area contributed by atoms with Crippen molar-refractivity contribution >= 4 is 17.3 Å². The first-order valence-corrected chi connectivity index (χ1v) is 4.04. The van der Waals surface area contributed by atoms with Gasteiger partial charge in [-0.3, -0.25) is 0 Å². The van der Waals surface area contributed by atoms with Crippen molar-refractivity contribution in [3.63, 3.8) is 0 Å². The topological polar surface area (TPSA) is 50.1 Å². The second-order valence-corrected chi connectivity index (χ2v) is 3.40. The minimum absolute atomic E-state index is 0.202. The van der Waals surface area contributed by atoms with E-state index < -0.39 is 11.8 Å². The Morgan fingerprint density at radius 3 is 2.50 bits per heavy atom. The monoisotopic (exact) mass is 195 g/mol. The van der Waals surface area contributed by atoms with Crippen LogP contribution in [0.3, 0.4) is 0 Å². The van der Waals surface area contributed by atoms with Gasteiger partial charge in [0.2, 0.25) is 6.43 Å². The van der Waals surface area contributed by atoms with E-state index in [1.165, 1.54) is 0 Å². The molecule has 3 nitrogen and oxygen atoms in total. The summed E-state index contributed by atoms with van der Waals surface area (Å²) in [4.78, 5) is 0. The predicted octanol–water partition coefficient (Wildman–Crippen LogP) is 0.369. The molecule has 12 heavy (non-hydrogen) atoms. The first-order valence-electron chi connectivity index (χ1n) is 3.63. The van der Waals surface area contributed by atoms with Crippen molar-refractivity contribution in [3.05, 3.63) is 0 Å². The summed E-state index contributed by atoms with van der Waals surface area (Å²) in [5, 5.41) is 2.84. The zero-order valence-electron chi connectivity index (χ0n) is 6.44. The number of alkyl halides is 2. The molecule has 0 aromatic rings. The molecule has 1 fully saturated rings. The molecule has 0 aromatic heterocycles. The molecule has 0 heterocycles. The largest absolute Gasteiger partial charge is 0.361 e. The van der Waals surface area contributed by atoms with E-state index in [-0.39, 0.29) is 11.7 Å². The molecule has 1 aliphatic carbocycles. The van der Waals surface area contributed by atoms with Gasteiger partial charge in [0, 0.05) is 12.0 Å². The van der Waals surface area contributed by atoms with Gasteiger partial charge < -0.3 is 10.7 Å². The van der Waals surface area contributed by atoms with Crippen LogP contribution in [0, 0.1) is 5.41 Å². The van der Waals surface area contributed by atoms with E-state index in [0.717, 1.165) is 0 Å². The SMILES string of the molecule is NNC(=S)NCC1(C(F)F)CC1. The van der Waals surface area contributed by atoms with Gasteiger partial charge in [-0.25, -0.2) is 14.6 Å². The van der Waals surface area contributed by atoms with Gasteiger partial charge in [-0.2, -0.15) is 0 Å². The van der Waals surface area contributed by atoms with E-state index >= 15 is 0 Å². The first-order chi connectivity index (χ1) is 5.60. The summed E-state index contributed by atoms with van der Waals surface area (Å²) in [7, 11) is 0. The lowest BCUT2D eigenvalue weighted by Crippen LogP contribution is -2.43. The van der Waals surface area contributed by atoms with Gasteiger partial charge in [0.25, 0.3) is 0 Å². The van der Waals surface area contributed by atoms with Crippen LogP contribution in [0.15, 0.2) is 0 Å². The van der Waals surface area contributed by atoms with Crippen molar-refractivity contribution in [2.24, 2.45) is 11.3 Å². The minimum Gasteiger partial charge on any atom is -0.361 e. The normalized spacial score (nSPS) is 19.0. The van der Waals surface area contributed by atoms with Gasteiger partial charge in [-0.15, -0.1) is 0 Å². The standard InChI is InChI=1S/C6H11F2N3S/c7-4(8)6(1-2-6)3-10-5(12)11-9/h4H,1-3,9H2,(H2,10,11,12). The highest BCUT2D eigenvalue weighted by Crippen LogP contribution is 2.49. The van der Waals surface area contributed by atoms with Crippen molar-refractivity contribution in [3.8, 4) is 0 Å². The van der Waals surface area contributed by atoms with Gasteiger partial charge in [0.05, 0.1) is 0 Å². The van der Waals surface area contributed by atoms with Crippen LogP contribution in [-0.4, -0.2) is 18.1 Å². The summed E-state index contributed by atoms with van der Waals surface area (Å²) >= 11 is 4.65. The highest BCUT2D eigenvalue weighted by molar-refractivity contribution is 7.80. The molecule has 1 saturated carbocycles. The second kappa shape index (κ2) is 3.49. The maximum atomic E-state index is 12.3. The number of thiocarbonyl (C=S) groups is 1. The summed E-state index contributed by atoms with van der Waals surface area (Å²) in [6.45, 7) is 0.202. The molecule has 0 radical (unpaired) electrons. The third-order valence-electron chi connectivity index (χ3n) is 2.09. The van der Waals surface area contributed by atoms with E-state index in [4.69, 9.17) is 5.84 Å². The number of rotatable bonds is 3. The zero-order valence-corrected chi connectivity index (χ0v) is 7.26. The fourth-order valence-corrected chi connectivity index (χ4v) is 1.01. The fraction of sp³-hybridized carbons (Fsp3) is 0.833. The van der Waals surface area contributed by atoms with Crippen LogP contribution in [-0.2, 0) is 0 Å². The molecule has 0 saturated heterocycles. The average molecular weight is 195 g/mol. The lowest BCUT2D eigenvalue weighted by atomic mass is 10.1. The third-order valence-corrected chi connectivity index (χ3v) is 2.35. The van der Waals surface area contributed by atoms with Crippen LogP contribution in [0.5, 0.6) is 0 Å². The van der Waals surface area contributed by atoms with Crippen LogP contribution in [0.2, 0.25) is 0 Å². The van der Waals surface area contributed by atoms with Gasteiger partial charge in [-0.05, 0) is 25.1 Å². The number of hydrogen-bond donors (Lipinski definition) is 3. The maximum absolute atomic E-state index is 12.3. The minimum atomic E-state index is -2.27. The Balaban J connectivity index is 2.27. The third kappa shape index (κ3) is 2.01. The summed E-state index contributed by atoms with van der Waals surface area (Å²) < 4.78 is 24.6. The molecule has 70 valence electrons. The number of hydrazine groups is 1. The Hall–Kier alpha value is -0.490. The highest BCUT2D eigenvalue weighted by Gasteiger charge is 2.50. The molecule has 1 aliphatic rings. The first kappa shape index (κ1) is 9.60. The molecule has 1 rings (SSSR count). The quantitative estimate of drug-likeness (QED) is 0.346. The second-order valence-electron chi connectivity index (χ2n) is 2.99. The van der Waals surface area contributed by atoms with E-state index in [9.17, 15) is 8.78 Å². The van der Waals surface area contributed by atoms with Crippen molar-refractivity contribution in [2.45, 2.75) is 19.3 Å². The van der Waals surface area contributed by atoms with E-state index in [0.29, 0.717) is 12.8 Å². The molecule has 0 spiro atoms. The molecule has 0 bridgehead atoms. The molecule has 6 heteroatoms. The lowest BCUT2D eigenvalue weighted by molar-refractivity contribution is 0.0639. The van der Waals surface area contributed by atoms with Crippen molar-refractivity contribution in [1.82, 2.24) is 10.7 Å². The average Bonchev–Trinajstić information content (AvgIpc) is 2.81. The molecular formula is C6H11F2N3S. The molecule has 0 amide bonds. The molecule has 0 atom stereocenters. The summed E-state index contributed by atoms with van der Waals surface area (Å²) in [5.41, 5.74) is 1.33.